The summed E-state index contributed by atoms with van der Waals surface area (Å²) in [5, 5.41) is 0. The molecule has 3 aromatic rings. The van der Waals surface area contributed by atoms with Gasteiger partial charge in [-0.25, -0.2) is 9.97 Å². The molecular formula is C20H15N3O4. The first-order valence-electron chi connectivity index (χ1n) is 8.61. The zero-order chi connectivity index (χ0) is 19.0. The maximum Gasteiger partial charge on any atom is 0.286 e. The fourth-order valence-electron chi connectivity index (χ4n) is 3.33. The van der Waals surface area contributed by atoms with Crippen molar-refractivity contribution in [3.05, 3.63) is 64.7 Å². The van der Waals surface area contributed by atoms with Crippen LogP contribution in [0.15, 0.2) is 53.5 Å². The molecule has 0 bridgehead atoms. The van der Waals surface area contributed by atoms with E-state index in [4.69, 9.17) is 0 Å². The molecule has 0 N–H and O–H groups in total. The summed E-state index contributed by atoms with van der Waals surface area (Å²) < 4.78 is 1.29. The lowest BCUT2D eigenvalue weighted by Gasteiger charge is -2.18. The number of ketones is 3. The van der Waals surface area contributed by atoms with Crippen LogP contribution in [0.2, 0.25) is 0 Å². The number of para-hydroxylation sites is 1. The van der Waals surface area contributed by atoms with Crippen molar-refractivity contribution < 1.29 is 14.4 Å². The lowest BCUT2D eigenvalue weighted by molar-refractivity contribution is -0.133. The van der Waals surface area contributed by atoms with Crippen LogP contribution in [0.4, 0.5) is 0 Å². The fraction of sp³-hybridized carbons (Fsp3) is 0.200. The standard InChI is InChI=1S/C20H15N3O4/c24-14-9-4-10-15(25)16(14)18(26)17-20(27)23(12-6-2-1-3-7-12)19-13(22-17)8-5-11-21-19/h1-3,5-8,11,16H,4,9-10H2. The van der Waals surface area contributed by atoms with Crippen molar-refractivity contribution >= 4 is 28.5 Å². The highest BCUT2D eigenvalue weighted by atomic mass is 16.2. The van der Waals surface area contributed by atoms with E-state index in [9.17, 15) is 19.2 Å². The predicted octanol–water partition coefficient (Wildman–Crippen LogP) is 1.90. The average Bonchev–Trinajstić information content (AvgIpc) is 2.68. The van der Waals surface area contributed by atoms with Crippen LogP contribution in [-0.4, -0.2) is 31.9 Å². The van der Waals surface area contributed by atoms with Crippen LogP contribution in [0.25, 0.3) is 16.9 Å². The third kappa shape index (κ3) is 2.87. The largest absolute Gasteiger partial charge is 0.298 e. The molecule has 4 rings (SSSR count). The van der Waals surface area contributed by atoms with E-state index in [0.29, 0.717) is 23.3 Å². The summed E-state index contributed by atoms with van der Waals surface area (Å²) in [4.78, 5) is 58.7. The van der Waals surface area contributed by atoms with Crippen LogP contribution >= 0.6 is 0 Å². The topological polar surface area (TPSA) is 99.0 Å². The highest BCUT2D eigenvalue weighted by Gasteiger charge is 2.38. The number of hydrogen-bond acceptors (Lipinski definition) is 6. The summed E-state index contributed by atoms with van der Waals surface area (Å²) in [5.74, 6) is -3.16. The third-order valence-corrected chi connectivity index (χ3v) is 4.62. The Morgan fingerprint density at radius 3 is 2.37 bits per heavy atom. The van der Waals surface area contributed by atoms with E-state index < -0.39 is 34.5 Å². The number of carbonyl (C=O) groups is 3. The van der Waals surface area contributed by atoms with Gasteiger partial charge in [0.25, 0.3) is 5.56 Å². The number of pyridine rings is 1. The van der Waals surface area contributed by atoms with Gasteiger partial charge in [-0.15, -0.1) is 0 Å². The van der Waals surface area contributed by atoms with E-state index in [0.717, 1.165) is 0 Å². The Labute approximate surface area is 153 Å². The van der Waals surface area contributed by atoms with Crippen LogP contribution in [0.5, 0.6) is 0 Å². The van der Waals surface area contributed by atoms with Crippen LogP contribution in [0.3, 0.4) is 0 Å². The first-order valence-corrected chi connectivity index (χ1v) is 8.61. The molecule has 0 radical (unpaired) electrons. The van der Waals surface area contributed by atoms with Gasteiger partial charge in [0.05, 0.1) is 5.69 Å². The maximum atomic E-state index is 13.1. The molecule has 2 aromatic heterocycles. The van der Waals surface area contributed by atoms with Gasteiger partial charge in [-0.2, -0.15) is 0 Å². The predicted molar refractivity (Wildman–Crippen MR) is 96.8 cm³/mol. The second-order valence-corrected chi connectivity index (χ2v) is 6.37. The summed E-state index contributed by atoms with van der Waals surface area (Å²) in [6.45, 7) is 0. The molecule has 0 aliphatic heterocycles. The normalized spacial score (nSPS) is 15.3. The van der Waals surface area contributed by atoms with Gasteiger partial charge in [-0.1, -0.05) is 18.2 Å². The van der Waals surface area contributed by atoms with Gasteiger partial charge in [-0.05, 0) is 30.7 Å². The number of hydrogen-bond donors (Lipinski definition) is 0. The quantitative estimate of drug-likeness (QED) is 0.522. The molecule has 0 amide bonds. The maximum absolute atomic E-state index is 13.1. The molecule has 0 unspecified atom stereocenters. The molecule has 1 aromatic carbocycles. The molecule has 1 aliphatic rings. The molecule has 134 valence electrons. The highest BCUT2D eigenvalue weighted by molar-refractivity contribution is 6.24. The lowest BCUT2D eigenvalue weighted by Crippen LogP contribution is -2.39. The monoisotopic (exact) mass is 361 g/mol. The summed E-state index contributed by atoms with van der Waals surface area (Å²) in [6, 6.07) is 12.0. The van der Waals surface area contributed by atoms with Crippen molar-refractivity contribution in [2.45, 2.75) is 19.3 Å². The molecule has 1 aliphatic carbocycles. The number of benzene rings is 1. The average molecular weight is 361 g/mol. The molecular weight excluding hydrogens is 346 g/mol. The zero-order valence-corrected chi connectivity index (χ0v) is 14.3. The molecule has 0 spiro atoms. The van der Waals surface area contributed by atoms with Gasteiger partial charge in [0.1, 0.15) is 11.4 Å². The smallest absolute Gasteiger partial charge is 0.286 e. The van der Waals surface area contributed by atoms with Crippen molar-refractivity contribution in [1.29, 1.82) is 0 Å². The van der Waals surface area contributed by atoms with Crippen molar-refractivity contribution in [3.8, 4) is 5.69 Å². The second-order valence-electron chi connectivity index (χ2n) is 6.37. The molecule has 2 heterocycles. The molecule has 1 fully saturated rings. The zero-order valence-electron chi connectivity index (χ0n) is 14.3. The number of rotatable bonds is 3. The van der Waals surface area contributed by atoms with E-state index in [1.165, 1.54) is 10.8 Å². The van der Waals surface area contributed by atoms with E-state index in [2.05, 4.69) is 9.97 Å². The Morgan fingerprint density at radius 1 is 0.963 bits per heavy atom. The highest BCUT2D eigenvalue weighted by Crippen LogP contribution is 2.21. The van der Waals surface area contributed by atoms with Gasteiger partial charge in [-0.3, -0.25) is 23.7 Å². The molecule has 7 heteroatoms. The Morgan fingerprint density at radius 2 is 1.67 bits per heavy atom. The number of Topliss-reactive ketones (excluding diaryl/α,β-unsaturated/α-hetero) is 3. The molecule has 1 saturated carbocycles. The van der Waals surface area contributed by atoms with E-state index in [1.54, 1.807) is 42.5 Å². The van der Waals surface area contributed by atoms with Gasteiger partial charge < -0.3 is 0 Å². The minimum absolute atomic E-state index is 0.157. The Kier molecular flexibility index (Phi) is 4.19. The van der Waals surface area contributed by atoms with Crippen molar-refractivity contribution in [1.82, 2.24) is 14.5 Å². The SMILES string of the molecule is O=C1CCCC(=O)C1C(=O)c1nc2cccnc2n(-c2ccccc2)c1=O. The number of aromatic nitrogens is 3. The van der Waals surface area contributed by atoms with Crippen molar-refractivity contribution in [3.63, 3.8) is 0 Å². The van der Waals surface area contributed by atoms with E-state index in [-0.39, 0.29) is 12.8 Å². The second kappa shape index (κ2) is 6.68. The minimum Gasteiger partial charge on any atom is -0.298 e. The fourth-order valence-corrected chi connectivity index (χ4v) is 3.33. The summed E-state index contributed by atoms with van der Waals surface area (Å²) in [5.41, 5.74) is 0.0482. The Hall–Kier alpha value is -3.48. The van der Waals surface area contributed by atoms with Crippen LogP contribution < -0.4 is 5.56 Å². The molecule has 0 atom stereocenters. The summed E-state index contributed by atoms with van der Waals surface area (Å²) in [7, 11) is 0. The van der Waals surface area contributed by atoms with E-state index in [1.807, 2.05) is 0 Å². The van der Waals surface area contributed by atoms with Crippen LogP contribution in [0, 0.1) is 5.92 Å². The molecule has 27 heavy (non-hydrogen) atoms. The van der Waals surface area contributed by atoms with Crippen molar-refractivity contribution in [2.24, 2.45) is 5.92 Å². The number of fused-ring (bicyclic) bond motifs is 1. The summed E-state index contributed by atoms with van der Waals surface area (Å²) >= 11 is 0. The van der Waals surface area contributed by atoms with E-state index >= 15 is 0 Å². The number of carbonyl (C=O) groups excluding carboxylic acids is 3. The van der Waals surface area contributed by atoms with Crippen LogP contribution in [-0.2, 0) is 9.59 Å². The Balaban J connectivity index is 1.96. The first kappa shape index (κ1) is 17.0. The van der Waals surface area contributed by atoms with Gasteiger partial charge >= 0.3 is 0 Å². The number of nitrogens with zero attached hydrogens (tertiary/aromatic N) is 3. The van der Waals surface area contributed by atoms with Gasteiger partial charge in [0.15, 0.2) is 22.9 Å². The third-order valence-electron chi connectivity index (χ3n) is 4.62. The molecule has 0 saturated heterocycles. The van der Waals surface area contributed by atoms with Gasteiger partial charge in [0, 0.05) is 19.0 Å². The Bertz CT molecular complexity index is 1120. The first-order chi connectivity index (χ1) is 13.1. The summed E-state index contributed by atoms with van der Waals surface area (Å²) in [6.07, 6.45) is 2.28. The van der Waals surface area contributed by atoms with Crippen molar-refractivity contribution in [2.75, 3.05) is 0 Å². The minimum atomic E-state index is -1.43. The lowest BCUT2D eigenvalue weighted by atomic mass is 9.83. The van der Waals surface area contributed by atoms with Gasteiger partial charge in [0.2, 0.25) is 5.78 Å². The molecule has 7 nitrogen and oxygen atoms in total. The van der Waals surface area contributed by atoms with Crippen LogP contribution in [0.1, 0.15) is 29.8 Å².